The van der Waals surface area contributed by atoms with E-state index in [4.69, 9.17) is 26.3 Å². The molecule has 0 unspecified atom stereocenters. The Morgan fingerprint density at radius 2 is 0.755 bits per heavy atom. The van der Waals surface area contributed by atoms with Crippen molar-refractivity contribution in [1.82, 2.24) is 0 Å². The molecule has 0 bridgehead atoms. The predicted molar refractivity (Wildman–Crippen MR) is 208 cm³/mol. The number of hydrogen-bond acceptors (Lipinski definition) is 1. The van der Waals surface area contributed by atoms with Crippen LogP contribution in [0.4, 0.5) is 0 Å². The second-order valence-electron chi connectivity index (χ2n) is 10.5. The molecule has 10 rings (SSSR count). The molecular formula is C48H30O. The summed E-state index contributed by atoms with van der Waals surface area (Å²) in [6.45, 7) is 0. The summed E-state index contributed by atoms with van der Waals surface area (Å²) < 4.78 is 274. The zero-order valence-corrected chi connectivity index (χ0v) is 24.4. The molecule has 0 aliphatic rings. The largest absolute Gasteiger partial charge is 0.456 e. The van der Waals surface area contributed by atoms with Gasteiger partial charge >= 0.3 is 0 Å². The van der Waals surface area contributed by atoms with Crippen molar-refractivity contribution in [3.8, 4) is 44.5 Å². The van der Waals surface area contributed by atoms with Gasteiger partial charge in [-0.05, 0) is 113 Å². The molecule has 0 fully saturated rings. The molecule has 0 N–H and O–H groups in total. The third kappa shape index (κ3) is 4.55. The highest BCUT2D eigenvalue weighted by atomic mass is 16.3. The molecule has 0 radical (unpaired) electrons. The van der Waals surface area contributed by atoms with Crippen LogP contribution in [-0.4, -0.2) is 0 Å². The van der Waals surface area contributed by atoms with Crippen LogP contribution < -0.4 is 0 Å². The van der Waals surface area contributed by atoms with Crippen LogP contribution in [0.25, 0.3) is 98.8 Å². The van der Waals surface area contributed by atoms with Gasteiger partial charge in [0.25, 0.3) is 0 Å². The second-order valence-corrected chi connectivity index (χ2v) is 10.5. The first-order valence-electron chi connectivity index (χ1n) is 29.4. The fourth-order valence-corrected chi connectivity index (χ4v) is 5.64. The minimum Gasteiger partial charge on any atom is -0.456 e. The highest BCUT2D eigenvalue weighted by molar-refractivity contribution is 6.21. The van der Waals surface area contributed by atoms with Crippen LogP contribution in [0.5, 0.6) is 0 Å². The summed E-state index contributed by atoms with van der Waals surface area (Å²) in [6.07, 6.45) is 0. The van der Waals surface area contributed by atoms with Crippen LogP contribution in [0.2, 0.25) is 0 Å². The molecule has 0 spiro atoms. The molecule has 0 saturated carbocycles. The summed E-state index contributed by atoms with van der Waals surface area (Å²) in [6, 6.07) is -28.0. The van der Waals surface area contributed by atoms with E-state index in [-0.39, 0.29) is 0 Å². The molecule has 1 aromatic heterocycles. The average molecular weight is 653 g/mol. The first-order valence-corrected chi connectivity index (χ1v) is 14.4. The molecule has 1 nitrogen and oxygen atoms in total. The van der Waals surface area contributed by atoms with Gasteiger partial charge in [0.1, 0.15) is 11.2 Å². The normalized spacial score (nSPS) is 20.2. The molecule has 0 aliphatic carbocycles. The minimum absolute atomic E-state index is 0.483. The Morgan fingerprint density at radius 3 is 1.41 bits per heavy atom. The van der Waals surface area contributed by atoms with E-state index in [0.29, 0.717) is 0 Å². The van der Waals surface area contributed by atoms with Crippen molar-refractivity contribution < 1.29 is 45.5 Å². The van der Waals surface area contributed by atoms with Gasteiger partial charge in [-0.25, -0.2) is 0 Å². The van der Waals surface area contributed by atoms with Crippen molar-refractivity contribution >= 4 is 54.3 Å². The molecule has 228 valence electrons. The van der Waals surface area contributed by atoms with E-state index < -0.39 is 280 Å². The lowest BCUT2D eigenvalue weighted by atomic mass is 9.85. The lowest BCUT2D eigenvalue weighted by Gasteiger charge is -2.18. The average Bonchev–Trinajstić information content (AvgIpc) is 3.62. The molecular weight excluding hydrogens is 593 g/mol. The van der Waals surface area contributed by atoms with E-state index in [1.165, 1.54) is 0 Å². The Bertz CT molecular complexity index is 4460. The Labute approximate surface area is 326 Å². The van der Waals surface area contributed by atoms with Crippen molar-refractivity contribution in [2.45, 2.75) is 0 Å². The van der Waals surface area contributed by atoms with Gasteiger partial charge in [-0.2, -0.15) is 0 Å². The summed E-state index contributed by atoms with van der Waals surface area (Å²) in [5, 5.41) is -5.39. The number of rotatable bonds is 4. The monoisotopic (exact) mass is 652 g/mol. The predicted octanol–water partition coefficient (Wildman–Crippen LogP) is 13.7. The van der Waals surface area contributed by atoms with Gasteiger partial charge < -0.3 is 4.42 Å². The molecule has 0 saturated heterocycles. The third-order valence-corrected chi connectivity index (χ3v) is 7.76. The fourth-order valence-electron chi connectivity index (χ4n) is 5.64. The first-order chi connectivity index (χ1) is 36.8. The van der Waals surface area contributed by atoms with Crippen LogP contribution >= 0.6 is 0 Å². The lowest BCUT2D eigenvalue weighted by molar-refractivity contribution is 0.669. The molecule has 0 atom stereocenters. The van der Waals surface area contributed by atoms with Crippen molar-refractivity contribution in [2.75, 3.05) is 0 Å². The van der Waals surface area contributed by atoms with E-state index in [2.05, 4.69) is 0 Å². The SMILES string of the molecule is [2H]c1c([2H])c([2H])c(-c2c([2H])c([2H])c3oc4c([2H])c(-c5c([2H])c([2H])c6c([2H])c(-c7c8c([2H])c([2H])c([2H])c([2H])c8c(-c8c([2H])c([2H])c([2H])c([2H])c8[2H])c8c([2H])c([2H])c([2H])c([2H])c78)c([2H])c([2H])c6c5[2H])c([2H])c([2H])c4c3c2[2H])c([2H])c1[2H]. The number of benzene rings is 9. The first kappa shape index (κ1) is 11.1. The highest BCUT2D eigenvalue weighted by Gasteiger charge is 2.17. The van der Waals surface area contributed by atoms with E-state index in [0.717, 1.165) is 0 Å². The minimum atomic E-state index is -1.08. The van der Waals surface area contributed by atoms with Gasteiger partial charge in [-0.3, -0.25) is 0 Å². The highest BCUT2D eigenvalue weighted by Crippen LogP contribution is 2.44. The van der Waals surface area contributed by atoms with Gasteiger partial charge in [-0.1, -0.05) is 145 Å². The standard InChI is InChI=1S/C48H30O/c1-3-11-31(12-4-1)36-24-26-45-44(29-36)39-25-23-37(30-46(39)49-45)34-19-20-35-28-38(22-21-33(35)27-34)48-42-17-9-7-15-40(42)47(32-13-5-2-6-14-32)41-16-8-10-18-43(41)48/h1-30H/i1D,2D,3D,4D,5D,6D,7D,8D,9D,10D,11D,12D,13D,14D,15D,16D,17D,18D,19D,20D,21D,22D,23D,24D,25D,26D,27D,28D,29D,30D. The Hall–Kier alpha value is -6.44. The number of fused-ring (bicyclic) bond motifs is 6. The van der Waals surface area contributed by atoms with Crippen molar-refractivity contribution in [3.63, 3.8) is 0 Å². The molecule has 1 heteroatoms. The van der Waals surface area contributed by atoms with Crippen LogP contribution in [0, 0.1) is 0 Å². The third-order valence-electron chi connectivity index (χ3n) is 7.76. The Morgan fingerprint density at radius 1 is 0.286 bits per heavy atom. The maximum Gasteiger partial charge on any atom is 0.136 e. The molecule has 0 amide bonds. The van der Waals surface area contributed by atoms with Crippen molar-refractivity contribution in [3.05, 3.63) is 181 Å². The summed E-state index contributed by atoms with van der Waals surface area (Å²) in [7, 11) is 0. The van der Waals surface area contributed by atoms with Gasteiger partial charge in [-0.15, -0.1) is 0 Å². The molecule has 1 heterocycles. The summed E-state index contributed by atoms with van der Waals surface area (Å²) in [5.74, 6) is 0. The Balaban J connectivity index is 1.34. The van der Waals surface area contributed by atoms with E-state index in [1.54, 1.807) is 0 Å². The Kier molecular flexibility index (Phi) is 2.50. The van der Waals surface area contributed by atoms with Gasteiger partial charge in [0.15, 0.2) is 0 Å². The summed E-state index contributed by atoms with van der Waals surface area (Å²) in [5.41, 5.74) is -7.14. The number of hydrogen-bond donors (Lipinski definition) is 0. The molecule has 0 aliphatic heterocycles. The quantitative estimate of drug-likeness (QED) is 0.172. The zero-order chi connectivity index (χ0) is 58.4. The van der Waals surface area contributed by atoms with E-state index >= 15 is 0 Å². The van der Waals surface area contributed by atoms with Gasteiger partial charge in [0, 0.05) is 10.8 Å². The number of furan rings is 1. The molecule has 10 aromatic rings. The summed E-state index contributed by atoms with van der Waals surface area (Å²) in [4.78, 5) is 0. The maximum atomic E-state index is 9.74. The van der Waals surface area contributed by atoms with E-state index in [1.807, 2.05) is 0 Å². The maximum absolute atomic E-state index is 9.74. The topological polar surface area (TPSA) is 13.1 Å². The molecule has 49 heavy (non-hydrogen) atoms. The van der Waals surface area contributed by atoms with E-state index in [9.17, 15) is 19.2 Å². The zero-order valence-electron chi connectivity index (χ0n) is 54.4. The van der Waals surface area contributed by atoms with Crippen LogP contribution in [0.15, 0.2) is 186 Å². The van der Waals surface area contributed by atoms with Crippen LogP contribution in [0.3, 0.4) is 0 Å². The van der Waals surface area contributed by atoms with Gasteiger partial charge in [0.2, 0.25) is 0 Å². The lowest BCUT2D eigenvalue weighted by Crippen LogP contribution is -1.90. The fraction of sp³-hybridized carbons (Fsp3) is 0. The van der Waals surface area contributed by atoms with Crippen LogP contribution in [-0.2, 0) is 0 Å². The van der Waals surface area contributed by atoms with Crippen molar-refractivity contribution in [2.24, 2.45) is 0 Å². The summed E-state index contributed by atoms with van der Waals surface area (Å²) >= 11 is 0. The second kappa shape index (κ2) is 11.1. The van der Waals surface area contributed by atoms with Gasteiger partial charge in [0.05, 0.1) is 41.1 Å². The van der Waals surface area contributed by atoms with Crippen molar-refractivity contribution in [1.29, 1.82) is 0 Å². The molecule has 9 aromatic carbocycles. The smallest absolute Gasteiger partial charge is 0.136 e. The van der Waals surface area contributed by atoms with Crippen LogP contribution in [0.1, 0.15) is 41.1 Å².